The Labute approximate surface area is 89.3 Å². The van der Waals surface area contributed by atoms with E-state index >= 15 is 0 Å². The molecule has 1 aromatic heterocycles. The lowest BCUT2D eigenvalue weighted by atomic mass is 10.1. The number of ketones is 1. The molecule has 0 bridgehead atoms. The van der Waals surface area contributed by atoms with Crippen LogP contribution in [0.25, 0.3) is 0 Å². The summed E-state index contributed by atoms with van der Waals surface area (Å²) in [6.07, 6.45) is 0. The number of carbonyl (C=O) groups is 1. The molecule has 0 spiro atoms. The molecule has 1 unspecified atom stereocenters. The van der Waals surface area contributed by atoms with Gasteiger partial charge in [0.25, 0.3) is 0 Å². The van der Waals surface area contributed by atoms with Crippen LogP contribution in [-0.4, -0.2) is 18.9 Å². The maximum Gasteiger partial charge on any atom is 0.176 e. The first-order chi connectivity index (χ1) is 6.65. The van der Waals surface area contributed by atoms with Crippen molar-refractivity contribution in [3.05, 3.63) is 21.9 Å². The predicted molar refractivity (Wildman–Crippen MR) is 61.1 cm³/mol. The molecule has 0 amide bonds. The smallest absolute Gasteiger partial charge is 0.176 e. The Kier molecular flexibility index (Phi) is 4.29. The highest BCUT2D eigenvalue weighted by Gasteiger charge is 2.15. The molecule has 1 N–H and O–H groups in total. The molecule has 1 atom stereocenters. The van der Waals surface area contributed by atoms with Crippen molar-refractivity contribution in [3.63, 3.8) is 0 Å². The van der Waals surface area contributed by atoms with Gasteiger partial charge in [-0.2, -0.15) is 0 Å². The van der Waals surface area contributed by atoms with Gasteiger partial charge in [0.15, 0.2) is 5.78 Å². The lowest BCUT2D eigenvalue weighted by molar-refractivity contribution is 0.0933. The van der Waals surface area contributed by atoms with Gasteiger partial charge in [0.2, 0.25) is 0 Å². The molecule has 2 nitrogen and oxygen atoms in total. The summed E-state index contributed by atoms with van der Waals surface area (Å²) in [7, 11) is 0. The Hall–Kier alpha value is -0.670. The van der Waals surface area contributed by atoms with Gasteiger partial charge in [-0.1, -0.05) is 13.8 Å². The van der Waals surface area contributed by atoms with E-state index in [2.05, 4.69) is 5.32 Å². The fraction of sp³-hybridized carbons (Fsp3) is 0.545. The zero-order valence-corrected chi connectivity index (χ0v) is 9.78. The SMILES string of the molecule is CCNCC(C)C(=O)c1ccc(C)s1. The highest BCUT2D eigenvalue weighted by Crippen LogP contribution is 2.18. The van der Waals surface area contributed by atoms with E-state index < -0.39 is 0 Å². The molecule has 0 aliphatic heterocycles. The van der Waals surface area contributed by atoms with Gasteiger partial charge >= 0.3 is 0 Å². The number of carbonyl (C=O) groups excluding carboxylic acids is 1. The minimum Gasteiger partial charge on any atom is -0.316 e. The Bertz CT molecular complexity index is 306. The third-order valence-corrected chi connectivity index (χ3v) is 3.15. The maximum absolute atomic E-state index is 11.8. The summed E-state index contributed by atoms with van der Waals surface area (Å²) < 4.78 is 0. The first-order valence-electron chi connectivity index (χ1n) is 4.96. The molecular formula is C11H17NOS. The molecule has 0 saturated carbocycles. The van der Waals surface area contributed by atoms with Crippen LogP contribution in [-0.2, 0) is 0 Å². The summed E-state index contributed by atoms with van der Waals surface area (Å²) in [4.78, 5) is 13.9. The largest absolute Gasteiger partial charge is 0.316 e. The normalized spacial score (nSPS) is 12.8. The summed E-state index contributed by atoms with van der Waals surface area (Å²) in [6.45, 7) is 7.73. The van der Waals surface area contributed by atoms with Crippen LogP contribution in [0.4, 0.5) is 0 Å². The van der Waals surface area contributed by atoms with Gasteiger partial charge in [0, 0.05) is 17.3 Å². The Morgan fingerprint density at radius 3 is 2.79 bits per heavy atom. The minimum atomic E-state index is 0.0769. The van der Waals surface area contributed by atoms with Crippen LogP contribution in [0, 0.1) is 12.8 Å². The van der Waals surface area contributed by atoms with Crippen molar-refractivity contribution in [2.45, 2.75) is 20.8 Å². The molecule has 1 aromatic rings. The van der Waals surface area contributed by atoms with Crippen molar-refractivity contribution in [1.29, 1.82) is 0 Å². The molecule has 3 heteroatoms. The Balaban J connectivity index is 2.56. The van der Waals surface area contributed by atoms with E-state index in [4.69, 9.17) is 0 Å². The van der Waals surface area contributed by atoms with E-state index in [-0.39, 0.29) is 11.7 Å². The number of rotatable bonds is 5. The zero-order valence-electron chi connectivity index (χ0n) is 8.96. The van der Waals surface area contributed by atoms with Gasteiger partial charge in [-0.05, 0) is 25.6 Å². The maximum atomic E-state index is 11.8. The fourth-order valence-corrected chi connectivity index (χ4v) is 2.18. The first kappa shape index (κ1) is 11.4. The number of thiophene rings is 1. The molecule has 0 aromatic carbocycles. The van der Waals surface area contributed by atoms with Gasteiger partial charge in [0.05, 0.1) is 4.88 Å². The Morgan fingerprint density at radius 2 is 2.29 bits per heavy atom. The van der Waals surface area contributed by atoms with E-state index in [0.29, 0.717) is 0 Å². The lowest BCUT2D eigenvalue weighted by Crippen LogP contribution is -2.25. The molecule has 1 rings (SSSR count). The number of hydrogen-bond donors (Lipinski definition) is 1. The molecule has 0 radical (unpaired) electrons. The summed E-state index contributed by atoms with van der Waals surface area (Å²) in [5.74, 6) is 0.331. The average Bonchev–Trinajstić information content (AvgIpc) is 2.60. The molecule has 1 heterocycles. The molecule has 0 aliphatic carbocycles. The third-order valence-electron chi connectivity index (χ3n) is 2.13. The third kappa shape index (κ3) is 2.93. The van der Waals surface area contributed by atoms with Crippen LogP contribution in [0.1, 0.15) is 28.4 Å². The van der Waals surface area contributed by atoms with Gasteiger partial charge in [-0.15, -0.1) is 11.3 Å². The van der Waals surface area contributed by atoms with Gasteiger partial charge in [0.1, 0.15) is 0 Å². The van der Waals surface area contributed by atoms with Gasteiger partial charge in [-0.25, -0.2) is 0 Å². The van der Waals surface area contributed by atoms with Crippen molar-refractivity contribution in [3.8, 4) is 0 Å². The van der Waals surface area contributed by atoms with Crippen molar-refractivity contribution in [1.82, 2.24) is 5.32 Å². The second kappa shape index (κ2) is 5.27. The lowest BCUT2D eigenvalue weighted by Gasteiger charge is -2.08. The fourth-order valence-electron chi connectivity index (χ4n) is 1.26. The van der Waals surface area contributed by atoms with E-state index in [1.165, 1.54) is 4.88 Å². The summed E-state index contributed by atoms with van der Waals surface area (Å²) in [6, 6.07) is 3.92. The van der Waals surface area contributed by atoms with Gasteiger partial charge < -0.3 is 5.32 Å². The molecule has 0 fully saturated rings. The van der Waals surface area contributed by atoms with Crippen molar-refractivity contribution in [2.24, 2.45) is 5.92 Å². The van der Waals surface area contributed by atoms with Crippen LogP contribution in [0.3, 0.4) is 0 Å². The Morgan fingerprint density at radius 1 is 1.57 bits per heavy atom. The summed E-state index contributed by atoms with van der Waals surface area (Å²) in [5.41, 5.74) is 0. The number of nitrogens with one attached hydrogen (secondary N) is 1. The molecule has 14 heavy (non-hydrogen) atoms. The number of Topliss-reactive ketones (excluding diaryl/α,β-unsaturated/α-hetero) is 1. The van der Waals surface area contributed by atoms with E-state index in [1.54, 1.807) is 11.3 Å². The highest BCUT2D eigenvalue weighted by molar-refractivity contribution is 7.14. The quantitative estimate of drug-likeness (QED) is 0.758. The van der Waals surface area contributed by atoms with E-state index in [9.17, 15) is 4.79 Å². The van der Waals surface area contributed by atoms with Crippen LogP contribution in [0.15, 0.2) is 12.1 Å². The van der Waals surface area contributed by atoms with Crippen LogP contribution < -0.4 is 5.32 Å². The molecular weight excluding hydrogens is 194 g/mol. The van der Waals surface area contributed by atoms with E-state index in [0.717, 1.165) is 18.0 Å². The topological polar surface area (TPSA) is 29.1 Å². The van der Waals surface area contributed by atoms with Crippen LogP contribution >= 0.6 is 11.3 Å². The summed E-state index contributed by atoms with van der Waals surface area (Å²) in [5, 5.41) is 3.19. The highest BCUT2D eigenvalue weighted by atomic mass is 32.1. The van der Waals surface area contributed by atoms with E-state index in [1.807, 2.05) is 32.9 Å². The monoisotopic (exact) mass is 211 g/mol. The minimum absolute atomic E-state index is 0.0769. The van der Waals surface area contributed by atoms with Crippen molar-refractivity contribution in [2.75, 3.05) is 13.1 Å². The molecule has 0 saturated heterocycles. The zero-order chi connectivity index (χ0) is 10.6. The second-order valence-electron chi connectivity index (χ2n) is 3.48. The number of hydrogen-bond acceptors (Lipinski definition) is 3. The first-order valence-corrected chi connectivity index (χ1v) is 5.78. The van der Waals surface area contributed by atoms with Crippen molar-refractivity contribution >= 4 is 17.1 Å². The standard InChI is InChI=1S/C11H17NOS/c1-4-12-7-8(2)11(13)10-6-5-9(3)14-10/h5-6,8,12H,4,7H2,1-3H3. The average molecular weight is 211 g/mol. The predicted octanol–water partition coefficient (Wildman–Crippen LogP) is 2.48. The van der Waals surface area contributed by atoms with Crippen LogP contribution in [0.2, 0.25) is 0 Å². The second-order valence-corrected chi connectivity index (χ2v) is 4.77. The molecule has 0 aliphatic rings. The molecule has 78 valence electrons. The van der Waals surface area contributed by atoms with Crippen molar-refractivity contribution < 1.29 is 4.79 Å². The number of aryl methyl sites for hydroxylation is 1. The van der Waals surface area contributed by atoms with Crippen LogP contribution in [0.5, 0.6) is 0 Å². The van der Waals surface area contributed by atoms with Gasteiger partial charge in [-0.3, -0.25) is 4.79 Å². The summed E-state index contributed by atoms with van der Waals surface area (Å²) >= 11 is 1.58.